The summed E-state index contributed by atoms with van der Waals surface area (Å²) in [5.74, 6) is -0.0615. The highest BCUT2D eigenvalue weighted by atomic mass is 32.1. The van der Waals surface area contributed by atoms with Crippen LogP contribution in [0.15, 0.2) is 18.2 Å². The maximum Gasteiger partial charge on any atom is 0.256 e. The summed E-state index contributed by atoms with van der Waals surface area (Å²) in [4.78, 5) is 25.7. The molecule has 0 spiro atoms. The van der Waals surface area contributed by atoms with Crippen molar-refractivity contribution in [3.05, 3.63) is 50.9 Å². The van der Waals surface area contributed by atoms with Crippen molar-refractivity contribution >= 4 is 28.2 Å². The summed E-state index contributed by atoms with van der Waals surface area (Å²) in [7, 11) is 0. The van der Waals surface area contributed by atoms with Crippen molar-refractivity contribution in [1.29, 1.82) is 0 Å². The number of carbonyl (C=O) groups excluding carboxylic acids is 2. The lowest BCUT2D eigenvalue weighted by Crippen LogP contribution is -2.19. The second-order valence-corrected chi connectivity index (χ2v) is 7.86. The van der Waals surface area contributed by atoms with E-state index < -0.39 is 5.91 Å². The third-order valence-electron chi connectivity index (χ3n) is 4.47. The topological polar surface area (TPSA) is 72.2 Å². The van der Waals surface area contributed by atoms with Crippen molar-refractivity contribution in [2.45, 2.75) is 40.0 Å². The van der Waals surface area contributed by atoms with Gasteiger partial charge in [-0.3, -0.25) is 9.59 Å². The van der Waals surface area contributed by atoms with Gasteiger partial charge in [0.2, 0.25) is 0 Å². The lowest BCUT2D eigenvalue weighted by molar-refractivity contribution is 0.1000. The van der Waals surface area contributed by atoms with Gasteiger partial charge in [0.15, 0.2) is 0 Å². The Bertz CT molecular complexity index is 803. The van der Waals surface area contributed by atoms with Crippen LogP contribution in [0.2, 0.25) is 0 Å². The van der Waals surface area contributed by atoms with Crippen LogP contribution in [0.25, 0.3) is 0 Å². The third-order valence-corrected chi connectivity index (χ3v) is 5.64. The molecule has 2 aromatic rings. The summed E-state index contributed by atoms with van der Waals surface area (Å²) in [6, 6.07) is 5.72. The molecule has 0 saturated heterocycles. The Labute approximate surface area is 146 Å². The quantitative estimate of drug-likeness (QED) is 0.889. The van der Waals surface area contributed by atoms with Gasteiger partial charge in [0, 0.05) is 10.4 Å². The fourth-order valence-corrected chi connectivity index (χ4v) is 4.79. The van der Waals surface area contributed by atoms with Crippen molar-refractivity contribution in [2.75, 3.05) is 5.32 Å². The van der Waals surface area contributed by atoms with Crippen LogP contribution < -0.4 is 11.1 Å². The van der Waals surface area contributed by atoms with Gasteiger partial charge in [-0.05, 0) is 56.7 Å². The SMILES string of the molecule is Cc1cc(C)cc(C(=O)Nc2sc3c(c2C(N)=O)CC[C@@H](C)C3)c1. The molecule has 0 unspecified atom stereocenters. The monoisotopic (exact) mass is 342 g/mol. The molecule has 5 heteroatoms. The van der Waals surface area contributed by atoms with Crippen LogP contribution in [0, 0.1) is 19.8 Å². The lowest BCUT2D eigenvalue weighted by atomic mass is 9.88. The average Bonchev–Trinajstić information content (AvgIpc) is 2.83. The maximum atomic E-state index is 12.6. The number of benzene rings is 1. The number of amides is 2. The van der Waals surface area contributed by atoms with E-state index in [4.69, 9.17) is 5.73 Å². The molecular formula is C19H22N2O2S. The number of nitrogens with one attached hydrogen (secondary N) is 1. The van der Waals surface area contributed by atoms with Gasteiger partial charge >= 0.3 is 0 Å². The molecule has 1 aromatic heterocycles. The number of carbonyl (C=O) groups is 2. The van der Waals surface area contributed by atoms with E-state index in [-0.39, 0.29) is 5.91 Å². The zero-order valence-corrected chi connectivity index (χ0v) is 15.0. The van der Waals surface area contributed by atoms with Crippen molar-refractivity contribution in [2.24, 2.45) is 11.7 Å². The Hall–Kier alpha value is -2.14. The van der Waals surface area contributed by atoms with Crippen LogP contribution in [-0.4, -0.2) is 11.8 Å². The van der Waals surface area contributed by atoms with Crippen LogP contribution in [0.4, 0.5) is 5.00 Å². The van der Waals surface area contributed by atoms with Crippen molar-refractivity contribution in [1.82, 2.24) is 0 Å². The molecule has 126 valence electrons. The van der Waals surface area contributed by atoms with E-state index in [1.165, 1.54) is 16.2 Å². The number of thiophene rings is 1. The van der Waals surface area contributed by atoms with Gasteiger partial charge in [0.25, 0.3) is 11.8 Å². The van der Waals surface area contributed by atoms with E-state index in [1.807, 2.05) is 32.0 Å². The number of fused-ring (bicyclic) bond motifs is 1. The van der Waals surface area contributed by atoms with Gasteiger partial charge in [0.05, 0.1) is 5.56 Å². The first-order valence-electron chi connectivity index (χ1n) is 8.19. The molecule has 1 aliphatic rings. The Morgan fingerprint density at radius 2 is 1.88 bits per heavy atom. The first-order valence-corrected chi connectivity index (χ1v) is 9.00. The van der Waals surface area contributed by atoms with Crippen molar-refractivity contribution in [3.8, 4) is 0 Å². The predicted octanol–water partition coefficient (Wildman–Crippen LogP) is 3.84. The maximum absolute atomic E-state index is 12.6. The van der Waals surface area contributed by atoms with Gasteiger partial charge in [-0.1, -0.05) is 24.1 Å². The van der Waals surface area contributed by atoms with E-state index in [2.05, 4.69) is 12.2 Å². The fourth-order valence-electron chi connectivity index (χ4n) is 3.38. The first-order chi connectivity index (χ1) is 11.3. The van der Waals surface area contributed by atoms with Gasteiger partial charge in [-0.2, -0.15) is 0 Å². The normalized spacial score (nSPS) is 16.5. The predicted molar refractivity (Wildman–Crippen MR) is 97.9 cm³/mol. The largest absolute Gasteiger partial charge is 0.365 e. The summed E-state index contributed by atoms with van der Waals surface area (Å²) < 4.78 is 0. The number of nitrogens with two attached hydrogens (primary N) is 1. The minimum atomic E-state index is -0.460. The summed E-state index contributed by atoms with van der Waals surface area (Å²) in [5, 5.41) is 3.50. The smallest absolute Gasteiger partial charge is 0.256 e. The molecule has 0 radical (unpaired) electrons. The molecule has 1 aliphatic carbocycles. The molecule has 24 heavy (non-hydrogen) atoms. The molecule has 0 fully saturated rings. The Balaban J connectivity index is 1.95. The molecule has 4 nitrogen and oxygen atoms in total. The zero-order valence-electron chi connectivity index (χ0n) is 14.2. The first kappa shape index (κ1) is 16.7. The number of primary amides is 1. The zero-order chi connectivity index (χ0) is 17.4. The Morgan fingerprint density at radius 3 is 2.50 bits per heavy atom. The number of rotatable bonds is 3. The summed E-state index contributed by atoms with van der Waals surface area (Å²) in [5.41, 5.74) is 9.80. The Morgan fingerprint density at radius 1 is 1.21 bits per heavy atom. The van der Waals surface area contributed by atoms with Crippen LogP contribution in [-0.2, 0) is 12.8 Å². The van der Waals surface area contributed by atoms with Crippen LogP contribution in [0.3, 0.4) is 0 Å². The van der Waals surface area contributed by atoms with Crippen LogP contribution >= 0.6 is 11.3 Å². The molecule has 3 N–H and O–H groups in total. The van der Waals surface area contributed by atoms with E-state index in [0.717, 1.165) is 36.0 Å². The summed E-state index contributed by atoms with van der Waals surface area (Å²) in [6.07, 6.45) is 2.85. The highest BCUT2D eigenvalue weighted by molar-refractivity contribution is 7.17. The van der Waals surface area contributed by atoms with E-state index in [0.29, 0.717) is 22.0 Å². The summed E-state index contributed by atoms with van der Waals surface area (Å²) >= 11 is 1.49. The number of aryl methyl sites for hydroxylation is 2. The fraction of sp³-hybridized carbons (Fsp3) is 0.368. The molecule has 3 rings (SSSR count). The molecule has 1 atom stereocenters. The van der Waals surface area contributed by atoms with Crippen LogP contribution in [0.5, 0.6) is 0 Å². The second-order valence-electron chi connectivity index (χ2n) is 6.75. The van der Waals surface area contributed by atoms with E-state index in [1.54, 1.807) is 0 Å². The summed E-state index contributed by atoms with van der Waals surface area (Å²) in [6.45, 7) is 6.13. The van der Waals surface area contributed by atoms with Crippen molar-refractivity contribution in [3.63, 3.8) is 0 Å². The number of hydrogen-bond donors (Lipinski definition) is 2. The molecule has 1 heterocycles. The third kappa shape index (κ3) is 3.22. The second kappa shape index (κ2) is 6.40. The van der Waals surface area contributed by atoms with Gasteiger partial charge in [-0.15, -0.1) is 11.3 Å². The molecule has 0 saturated carbocycles. The standard InChI is InChI=1S/C19H22N2O2S/c1-10-4-5-14-15(9-10)24-19(16(14)17(20)22)21-18(23)13-7-11(2)6-12(3)8-13/h6-8,10H,4-5,9H2,1-3H3,(H2,20,22)(H,21,23)/t10-/m1/s1. The molecule has 2 amide bonds. The Kier molecular flexibility index (Phi) is 4.45. The van der Waals surface area contributed by atoms with Crippen LogP contribution in [0.1, 0.15) is 55.6 Å². The van der Waals surface area contributed by atoms with Crippen molar-refractivity contribution < 1.29 is 9.59 Å². The lowest BCUT2D eigenvalue weighted by Gasteiger charge is -2.18. The average molecular weight is 342 g/mol. The molecule has 0 bridgehead atoms. The molecule has 1 aromatic carbocycles. The van der Waals surface area contributed by atoms with E-state index >= 15 is 0 Å². The minimum absolute atomic E-state index is 0.198. The van der Waals surface area contributed by atoms with Gasteiger partial charge < -0.3 is 11.1 Å². The number of anilines is 1. The van der Waals surface area contributed by atoms with Gasteiger partial charge in [0.1, 0.15) is 5.00 Å². The highest BCUT2D eigenvalue weighted by Crippen LogP contribution is 2.39. The molecular weight excluding hydrogens is 320 g/mol. The highest BCUT2D eigenvalue weighted by Gasteiger charge is 2.27. The van der Waals surface area contributed by atoms with E-state index in [9.17, 15) is 9.59 Å². The minimum Gasteiger partial charge on any atom is -0.365 e. The van der Waals surface area contributed by atoms with Gasteiger partial charge in [-0.25, -0.2) is 0 Å². The number of hydrogen-bond acceptors (Lipinski definition) is 3. The molecule has 0 aliphatic heterocycles.